The van der Waals surface area contributed by atoms with Crippen molar-refractivity contribution >= 4 is 21.8 Å². The van der Waals surface area contributed by atoms with E-state index in [1.54, 1.807) is 18.2 Å². The average molecular weight is 338 g/mol. The molecule has 0 atom stereocenters. The summed E-state index contributed by atoms with van der Waals surface area (Å²) in [4.78, 5) is 7.43. The van der Waals surface area contributed by atoms with Gasteiger partial charge < -0.3 is 14.8 Å². The van der Waals surface area contributed by atoms with Crippen molar-refractivity contribution in [2.75, 3.05) is 13.7 Å². The van der Waals surface area contributed by atoms with Gasteiger partial charge in [-0.15, -0.1) is 0 Å². The molecule has 0 bridgehead atoms. The molecule has 0 aliphatic heterocycles. The highest BCUT2D eigenvalue weighted by atomic mass is 79.9. The quantitative estimate of drug-likeness (QED) is 0.812. The molecular formula is C12H14BrF2NO3. The lowest BCUT2D eigenvalue weighted by atomic mass is 10.2. The number of carbonyl (C=O) groups excluding carboxylic acids is 1. The number of nitrogens with one attached hydrogen (secondary N) is 1. The second kappa shape index (κ2) is 6.70. The zero-order valence-electron chi connectivity index (χ0n) is 10.5. The highest BCUT2D eigenvalue weighted by Gasteiger charge is 2.34. The molecule has 4 nitrogen and oxygen atoms in total. The van der Waals surface area contributed by atoms with Gasteiger partial charge in [0.05, 0.1) is 13.7 Å². The van der Waals surface area contributed by atoms with Crippen LogP contribution in [-0.2, 0) is 11.3 Å². The third-order valence-electron chi connectivity index (χ3n) is 2.24. The molecule has 0 saturated heterocycles. The molecular weight excluding hydrogens is 324 g/mol. The number of amides is 1. The summed E-state index contributed by atoms with van der Waals surface area (Å²) in [7, 11) is 1.48. The minimum absolute atomic E-state index is 0.0250. The van der Waals surface area contributed by atoms with E-state index in [9.17, 15) is 13.6 Å². The Balaban J connectivity index is 2.72. The summed E-state index contributed by atoms with van der Waals surface area (Å²) in [5.74, 6) is -0.342. The average Bonchev–Trinajstić information content (AvgIpc) is 2.36. The molecule has 7 heteroatoms. The lowest BCUT2D eigenvalue weighted by Gasteiger charge is -2.12. The first-order chi connectivity index (χ1) is 8.88. The van der Waals surface area contributed by atoms with Crippen LogP contribution in [-0.4, -0.2) is 24.5 Å². The van der Waals surface area contributed by atoms with Crippen LogP contribution in [0, 0.1) is 0 Å². The number of methoxy groups -OCH3 is 1. The van der Waals surface area contributed by atoms with E-state index in [0.29, 0.717) is 23.7 Å². The van der Waals surface area contributed by atoms with Crippen molar-refractivity contribution in [3.8, 4) is 11.5 Å². The standard InChI is InChI=1S/C12H14BrF2NO3/c1-3-19-9-5-4-8(6-10(9)18-2)7-16-11(17)12(13,14)15/h4-6H,3,7H2,1-2H3,(H,16,17). The third kappa shape index (κ3) is 4.66. The van der Waals surface area contributed by atoms with Gasteiger partial charge in [0.15, 0.2) is 11.5 Å². The van der Waals surface area contributed by atoms with Gasteiger partial charge in [-0.25, -0.2) is 0 Å². The number of hydrogen-bond donors (Lipinski definition) is 1. The number of hydrogen-bond acceptors (Lipinski definition) is 3. The molecule has 0 spiro atoms. The normalized spacial score (nSPS) is 11.0. The van der Waals surface area contributed by atoms with E-state index >= 15 is 0 Å². The van der Waals surface area contributed by atoms with E-state index in [2.05, 4.69) is 5.32 Å². The van der Waals surface area contributed by atoms with Crippen molar-refractivity contribution in [3.05, 3.63) is 23.8 Å². The van der Waals surface area contributed by atoms with Crippen molar-refractivity contribution in [2.24, 2.45) is 0 Å². The maximum absolute atomic E-state index is 12.6. The Kier molecular flexibility index (Phi) is 5.53. The molecule has 0 saturated carbocycles. The minimum Gasteiger partial charge on any atom is -0.493 e. The smallest absolute Gasteiger partial charge is 0.377 e. The molecule has 0 unspecified atom stereocenters. The van der Waals surface area contributed by atoms with Gasteiger partial charge in [0.1, 0.15) is 0 Å². The van der Waals surface area contributed by atoms with Gasteiger partial charge in [0.25, 0.3) is 0 Å². The Labute approximate surface area is 118 Å². The number of ether oxygens (including phenoxy) is 2. The van der Waals surface area contributed by atoms with Crippen LogP contribution in [0.2, 0.25) is 0 Å². The summed E-state index contributed by atoms with van der Waals surface area (Å²) < 4.78 is 35.6. The number of alkyl halides is 3. The second-order valence-electron chi connectivity index (χ2n) is 3.60. The first-order valence-corrected chi connectivity index (χ1v) is 6.32. The fraction of sp³-hybridized carbons (Fsp3) is 0.417. The lowest BCUT2D eigenvalue weighted by molar-refractivity contribution is -0.134. The van der Waals surface area contributed by atoms with E-state index in [-0.39, 0.29) is 6.54 Å². The molecule has 0 fully saturated rings. The molecule has 0 heterocycles. The van der Waals surface area contributed by atoms with Gasteiger partial charge in [-0.05, 0) is 24.6 Å². The molecule has 1 rings (SSSR count). The van der Waals surface area contributed by atoms with Crippen LogP contribution in [0.1, 0.15) is 12.5 Å². The first kappa shape index (κ1) is 15.7. The Morgan fingerprint density at radius 3 is 2.63 bits per heavy atom. The topological polar surface area (TPSA) is 47.6 Å². The van der Waals surface area contributed by atoms with Crippen LogP contribution in [0.4, 0.5) is 8.78 Å². The number of halogens is 3. The zero-order valence-corrected chi connectivity index (χ0v) is 12.1. The molecule has 19 heavy (non-hydrogen) atoms. The molecule has 1 amide bonds. The molecule has 0 radical (unpaired) electrons. The maximum Gasteiger partial charge on any atom is 0.377 e. The van der Waals surface area contributed by atoms with Crippen molar-refractivity contribution in [2.45, 2.75) is 18.3 Å². The summed E-state index contributed by atoms with van der Waals surface area (Å²) in [6.07, 6.45) is 0. The van der Waals surface area contributed by atoms with Gasteiger partial charge in [-0.2, -0.15) is 8.78 Å². The lowest BCUT2D eigenvalue weighted by Crippen LogP contribution is -2.35. The van der Waals surface area contributed by atoms with Gasteiger partial charge >= 0.3 is 10.7 Å². The molecule has 1 aromatic carbocycles. The summed E-state index contributed by atoms with van der Waals surface area (Å²) >= 11 is 1.99. The number of benzene rings is 1. The van der Waals surface area contributed by atoms with Crippen molar-refractivity contribution in [1.82, 2.24) is 5.32 Å². The molecule has 106 valence electrons. The van der Waals surface area contributed by atoms with E-state index in [0.717, 1.165) is 0 Å². The van der Waals surface area contributed by atoms with Crippen molar-refractivity contribution < 1.29 is 23.0 Å². The van der Waals surface area contributed by atoms with E-state index in [4.69, 9.17) is 9.47 Å². The molecule has 0 aliphatic carbocycles. The molecule has 1 N–H and O–H groups in total. The Bertz CT molecular complexity index is 449. The summed E-state index contributed by atoms with van der Waals surface area (Å²) in [6.45, 7) is 2.30. The Morgan fingerprint density at radius 1 is 1.42 bits per heavy atom. The largest absolute Gasteiger partial charge is 0.493 e. The number of carbonyl (C=O) groups is 1. The monoisotopic (exact) mass is 337 g/mol. The fourth-order valence-electron chi connectivity index (χ4n) is 1.38. The van der Waals surface area contributed by atoms with Crippen molar-refractivity contribution in [3.63, 3.8) is 0 Å². The van der Waals surface area contributed by atoms with Crippen LogP contribution in [0.25, 0.3) is 0 Å². The van der Waals surface area contributed by atoms with Gasteiger partial charge in [0, 0.05) is 22.5 Å². The van der Waals surface area contributed by atoms with Crippen LogP contribution in [0.5, 0.6) is 11.5 Å². The number of rotatable bonds is 6. The van der Waals surface area contributed by atoms with E-state index in [1.165, 1.54) is 7.11 Å². The predicted molar refractivity (Wildman–Crippen MR) is 69.9 cm³/mol. The van der Waals surface area contributed by atoms with E-state index < -0.39 is 10.7 Å². The Morgan fingerprint density at radius 2 is 2.11 bits per heavy atom. The molecule has 0 aromatic heterocycles. The van der Waals surface area contributed by atoms with Gasteiger partial charge in [-0.3, -0.25) is 4.79 Å². The van der Waals surface area contributed by atoms with Crippen molar-refractivity contribution in [1.29, 1.82) is 0 Å². The van der Waals surface area contributed by atoms with Crippen LogP contribution < -0.4 is 14.8 Å². The highest BCUT2D eigenvalue weighted by Crippen LogP contribution is 2.28. The molecule has 1 aromatic rings. The molecule has 0 aliphatic rings. The maximum atomic E-state index is 12.6. The van der Waals surface area contributed by atoms with Crippen LogP contribution in [0.3, 0.4) is 0 Å². The van der Waals surface area contributed by atoms with Crippen LogP contribution in [0.15, 0.2) is 18.2 Å². The summed E-state index contributed by atoms with van der Waals surface area (Å²) in [6, 6.07) is 4.95. The van der Waals surface area contributed by atoms with Crippen LogP contribution >= 0.6 is 15.9 Å². The Hall–Kier alpha value is -1.37. The highest BCUT2D eigenvalue weighted by molar-refractivity contribution is 9.10. The third-order valence-corrected chi connectivity index (χ3v) is 2.60. The summed E-state index contributed by atoms with van der Waals surface area (Å²) in [5.41, 5.74) is 0.630. The van der Waals surface area contributed by atoms with Gasteiger partial charge in [-0.1, -0.05) is 6.07 Å². The predicted octanol–water partition coefficient (Wildman–Crippen LogP) is 2.70. The van der Waals surface area contributed by atoms with E-state index in [1.807, 2.05) is 22.9 Å². The fourth-order valence-corrected chi connectivity index (χ4v) is 1.52. The van der Waals surface area contributed by atoms with Gasteiger partial charge in [0.2, 0.25) is 0 Å². The zero-order chi connectivity index (χ0) is 14.5. The minimum atomic E-state index is -3.57. The first-order valence-electron chi connectivity index (χ1n) is 5.53. The summed E-state index contributed by atoms with van der Waals surface area (Å²) in [5, 5.41) is 2.11. The SMILES string of the molecule is CCOc1ccc(CNC(=O)C(F)(F)Br)cc1OC. The second-order valence-corrected chi connectivity index (χ2v) is 4.59.